The summed E-state index contributed by atoms with van der Waals surface area (Å²) in [4.78, 5) is 13.7. The summed E-state index contributed by atoms with van der Waals surface area (Å²) in [6, 6.07) is 9.80. The molecule has 138 valence electrons. The van der Waals surface area contributed by atoms with Crippen molar-refractivity contribution in [2.24, 2.45) is 0 Å². The number of benzene rings is 2. The second-order valence-electron chi connectivity index (χ2n) is 5.59. The zero-order chi connectivity index (χ0) is 19.1. The summed E-state index contributed by atoms with van der Waals surface area (Å²) >= 11 is 6.22. The van der Waals surface area contributed by atoms with E-state index >= 15 is 0 Å². The Morgan fingerprint density at radius 1 is 1.31 bits per heavy atom. The molecule has 0 heterocycles. The topological polar surface area (TPSA) is 38.8 Å². The smallest absolute Gasteiger partial charge is 0.246 e. The van der Waals surface area contributed by atoms with E-state index in [0.717, 1.165) is 0 Å². The zero-order valence-electron chi connectivity index (χ0n) is 15.0. The third kappa shape index (κ3) is 4.99. The predicted octanol–water partition coefficient (Wildman–Crippen LogP) is 4.56. The Kier molecular flexibility index (Phi) is 7.04. The van der Waals surface area contributed by atoms with E-state index in [2.05, 4.69) is 0 Å². The number of amides is 1. The normalized spacial score (nSPS) is 10.8. The van der Waals surface area contributed by atoms with Gasteiger partial charge in [0.25, 0.3) is 0 Å². The van der Waals surface area contributed by atoms with Crippen molar-refractivity contribution in [3.63, 3.8) is 0 Å². The number of hydrogen-bond donors (Lipinski definition) is 0. The van der Waals surface area contributed by atoms with Crippen LogP contribution in [0, 0.1) is 5.82 Å². The predicted molar refractivity (Wildman–Crippen MR) is 101 cm³/mol. The summed E-state index contributed by atoms with van der Waals surface area (Å²) in [5.41, 5.74) is 1.16. The number of methoxy groups -OCH3 is 1. The van der Waals surface area contributed by atoms with Crippen LogP contribution in [-0.4, -0.2) is 31.6 Å². The summed E-state index contributed by atoms with van der Waals surface area (Å²) in [5, 5.41) is 0.401. The Morgan fingerprint density at radius 2 is 2.04 bits per heavy atom. The Labute approximate surface area is 157 Å². The second kappa shape index (κ2) is 9.25. The zero-order valence-corrected chi connectivity index (χ0v) is 15.7. The van der Waals surface area contributed by atoms with Crippen molar-refractivity contribution in [2.45, 2.75) is 13.5 Å². The molecule has 0 radical (unpaired) electrons. The number of carbonyl (C=O) groups excluding carboxylic acids is 1. The van der Waals surface area contributed by atoms with Crippen LogP contribution in [0.4, 0.5) is 4.39 Å². The van der Waals surface area contributed by atoms with E-state index in [0.29, 0.717) is 34.3 Å². The fourth-order valence-electron chi connectivity index (χ4n) is 2.38. The van der Waals surface area contributed by atoms with Crippen molar-refractivity contribution in [3.8, 4) is 11.5 Å². The quantitative estimate of drug-likeness (QED) is 0.664. The van der Waals surface area contributed by atoms with Crippen LogP contribution in [0.3, 0.4) is 0 Å². The van der Waals surface area contributed by atoms with E-state index in [9.17, 15) is 9.18 Å². The van der Waals surface area contributed by atoms with Gasteiger partial charge in [0.1, 0.15) is 5.82 Å². The second-order valence-corrected chi connectivity index (χ2v) is 5.99. The number of carbonyl (C=O) groups is 1. The first kappa shape index (κ1) is 19.8. The average molecular weight is 378 g/mol. The first-order chi connectivity index (χ1) is 12.5. The van der Waals surface area contributed by atoms with Gasteiger partial charge in [0.2, 0.25) is 5.91 Å². The fraction of sp³-hybridized carbons (Fsp3) is 0.250. The van der Waals surface area contributed by atoms with Gasteiger partial charge in [-0.05, 0) is 36.8 Å². The van der Waals surface area contributed by atoms with Gasteiger partial charge < -0.3 is 14.4 Å². The molecule has 6 heteroatoms. The largest absolute Gasteiger partial charge is 0.493 e. The maximum atomic E-state index is 13.7. The molecule has 0 N–H and O–H groups in total. The van der Waals surface area contributed by atoms with Crippen LogP contribution < -0.4 is 9.47 Å². The first-order valence-corrected chi connectivity index (χ1v) is 8.51. The molecule has 1 amide bonds. The highest BCUT2D eigenvalue weighted by molar-refractivity contribution is 6.32. The Morgan fingerprint density at radius 3 is 2.69 bits per heavy atom. The monoisotopic (exact) mass is 377 g/mol. The lowest BCUT2D eigenvalue weighted by atomic mass is 10.1. The molecule has 0 aliphatic rings. The maximum absolute atomic E-state index is 13.7. The summed E-state index contributed by atoms with van der Waals surface area (Å²) in [6.07, 6.45) is 3.04. The number of halogens is 2. The van der Waals surface area contributed by atoms with Gasteiger partial charge in [0.05, 0.1) is 18.7 Å². The highest BCUT2D eigenvalue weighted by Crippen LogP contribution is 2.36. The third-order valence-electron chi connectivity index (χ3n) is 3.70. The van der Waals surface area contributed by atoms with Crippen molar-refractivity contribution < 1.29 is 18.7 Å². The SMILES string of the molecule is CCOc1c(Cl)cc(/C=C/C(=O)N(C)Cc2ccccc2F)cc1OC. The average Bonchev–Trinajstić information content (AvgIpc) is 2.63. The van der Waals surface area contributed by atoms with Crippen LogP contribution in [0.2, 0.25) is 5.02 Å². The van der Waals surface area contributed by atoms with Crippen molar-refractivity contribution in [1.82, 2.24) is 4.90 Å². The summed E-state index contributed by atoms with van der Waals surface area (Å²) < 4.78 is 24.4. The van der Waals surface area contributed by atoms with Crippen molar-refractivity contribution >= 4 is 23.6 Å². The third-order valence-corrected chi connectivity index (χ3v) is 3.98. The molecule has 4 nitrogen and oxygen atoms in total. The minimum atomic E-state index is -0.334. The summed E-state index contributed by atoms with van der Waals surface area (Å²) in [5.74, 6) is 0.374. The molecule has 0 aliphatic carbocycles. The van der Waals surface area contributed by atoms with Crippen LogP contribution in [0.25, 0.3) is 6.08 Å². The van der Waals surface area contributed by atoms with Crippen LogP contribution in [0.5, 0.6) is 11.5 Å². The van der Waals surface area contributed by atoms with Crippen molar-refractivity contribution in [2.75, 3.05) is 20.8 Å². The Balaban J connectivity index is 2.12. The molecule has 0 bridgehead atoms. The van der Waals surface area contributed by atoms with E-state index < -0.39 is 0 Å². The lowest BCUT2D eigenvalue weighted by Crippen LogP contribution is -2.24. The highest BCUT2D eigenvalue weighted by atomic mass is 35.5. The molecule has 2 aromatic carbocycles. The van der Waals surface area contributed by atoms with Crippen LogP contribution >= 0.6 is 11.6 Å². The van der Waals surface area contributed by atoms with Crippen molar-refractivity contribution in [1.29, 1.82) is 0 Å². The molecular formula is C20H21ClFNO3. The number of nitrogens with zero attached hydrogens (tertiary/aromatic N) is 1. The lowest BCUT2D eigenvalue weighted by Gasteiger charge is -2.15. The van der Waals surface area contributed by atoms with Gasteiger partial charge in [-0.15, -0.1) is 0 Å². The summed E-state index contributed by atoms with van der Waals surface area (Å²) in [7, 11) is 3.14. The molecule has 0 saturated heterocycles. The number of hydrogen-bond acceptors (Lipinski definition) is 3. The van der Waals surface area contributed by atoms with E-state index in [-0.39, 0.29) is 18.3 Å². The molecule has 2 rings (SSSR count). The van der Waals surface area contributed by atoms with E-state index in [1.807, 2.05) is 6.92 Å². The number of ether oxygens (including phenoxy) is 2. The molecule has 26 heavy (non-hydrogen) atoms. The van der Waals surface area contributed by atoms with Gasteiger partial charge in [-0.1, -0.05) is 29.8 Å². The van der Waals surface area contributed by atoms with E-state index in [1.165, 1.54) is 24.2 Å². The van der Waals surface area contributed by atoms with Gasteiger partial charge in [-0.3, -0.25) is 4.79 Å². The number of rotatable bonds is 7. The molecule has 0 fully saturated rings. The molecule has 0 atom stereocenters. The van der Waals surface area contributed by atoms with Gasteiger partial charge in [0.15, 0.2) is 11.5 Å². The Hall–Kier alpha value is -2.53. The standard InChI is InChI=1S/C20H21ClFNO3/c1-4-26-20-16(21)11-14(12-18(20)25-3)9-10-19(24)23(2)13-15-7-5-6-8-17(15)22/h5-12H,4,13H2,1-3H3/b10-9+. The van der Waals surface area contributed by atoms with E-state index in [1.54, 1.807) is 43.5 Å². The van der Waals surface area contributed by atoms with Gasteiger partial charge in [-0.25, -0.2) is 4.39 Å². The molecule has 0 unspecified atom stereocenters. The van der Waals surface area contributed by atoms with Gasteiger partial charge in [0, 0.05) is 25.2 Å². The van der Waals surface area contributed by atoms with Gasteiger partial charge >= 0.3 is 0 Å². The first-order valence-electron chi connectivity index (χ1n) is 8.13. The van der Waals surface area contributed by atoms with Crippen LogP contribution in [0.1, 0.15) is 18.1 Å². The van der Waals surface area contributed by atoms with Crippen LogP contribution in [0.15, 0.2) is 42.5 Å². The fourth-order valence-corrected chi connectivity index (χ4v) is 2.65. The lowest BCUT2D eigenvalue weighted by molar-refractivity contribution is -0.125. The van der Waals surface area contributed by atoms with Gasteiger partial charge in [-0.2, -0.15) is 0 Å². The maximum Gasteiger partial charge on any atom is 0.246 e. The van der Waals surface area contributed by atoms with E-state index in [4.69, 9.17) is 21.1 Å². The minimum Gasteiger partial charge on any atom is -0.493 e. The minimum absolute atomic E-state index is 0.184. The molecule has 0 spiro atoms. The molecule has 0 aromatic heterocycles. The number of likely N-dealkylation sites (N-methyl/N-ethyl adjacent to an activating group) is 1. The highest BCUT2D eigenvalue weighted by Gasteiger charge is 2.12. The molecule has 2 aromatic rings. The van der Waals surface area contributed by atoms with Crippen LogP contribution in [-0.2, 0) is 11.3 Å². The molecular weight excluding hydrogens is 357 g/mol. The molecule has 0 saturated carbocycles. The van der Waals surface area contributed by atoms with Crippen molar-refractivity contribution in [3.05, 3.63) is 64.4 Å². The summed E-state index contributed by atoms with van der Waals surface area (Å²) in [6.45, 7) is 2.50. The molecule has 0 aliphatic heterocycles. The Bertz CT molecular complexity index is 808.